The number of sulfonamides is 1. The van der Waals surface area contributed by atoms with Crippen molar-refractivity contribution in [1.82, 2.24) is 4.31 Å². The number of ketones is 1. The lowest BCUT2D eigenvalue weighted by atomic mass is 10.1. The number of Topliss-reactive ketones (excluding diaryl/α,β-unsaturated/α-hetero) is 1. The highest BCUT2D eigenvalue weighted by atomic mass is 35.5. The van der Waals surface area contributed by atoms with Crippen LogP contribution in [0.2, 0.25) is 5.02 Å². The van der Waals surface area contributed by atoms with E-state index in [1.165, 1.54) is 33.2 Å². The van der Waals surface area contributed by atoms with E-state index in [1.54, 1.807) is 30.3 Å². The molecule has 0 aliphatic rings. The maximum atomic E-state index is 12.3. The minimum atomic E-state index is -3.67. The largest absolute Gasteiger partial charge is 0.332 e. The van der Waals surface area contributed by atoms with Crippen LogP contribution in [-0.2, 0) is 10.0 Å². The normalized spacial score (nSPS) is 11.3. The number of benzene rings is 2. The molecule has 0 heterocycles. The van der Waals surface area contributed by atoms with E-state index in [0.717, 1.165) is 4.31 Å². The van der Waals surface area contributed by atoms with Crippen LogP contribution < -0.4 is 10.6 Å². The lowest BCUT2D eigenvalue weighted by Crippen LogP contribution is -2.23. The highest BCUT2D eigenvalue weighted by molar-refractivity contribution is 7.89. The molecule has 0 aliphatic heterocycles. The molecule has 0 aliphatic carbocycles. The molecule has 0 atom stereocenters. The van der Waals surface area contributed by atoms with E-state index >= 15 is 0 Å². The number of nitrogens with zero attached hydrogens (tertiary/aromatic N) is 1. The number of rotatable bonds is 5. The molecule has 0 unspecified atom stereocenters. The van der Waals surface area contributed by atoms with Gasteiger partial charge in [-0.3, -0.25) is 4.79 Å². The Morgan fingerprint density at radius 1 is 1.04 bits per heavy atom. The highest BCUT2D eigenvalue weighted by Crippen LogP contribution is 2.27. The van der Waals surface area contributed by atoms with Crippen LogP contribution in [0.5, 0.6) is 0 Å². The molecule has 2 aromatic rings. The van der Waals surface area contributed by atoms with Gasteiger partial charge in [-0.2, -0.15) is 0 Å². The first-order valence-corrected chi connectivity index (χ1v) is 9.75. The average Bonchev–Trinajstić information content (AvgIpc) is 2.56. The maximum Gasteiger partial charge on any atom is 0.244 e. The molecule has 26 heavy (non-hydrogen) atoms. The third-order valence-electron chi connectivity index (χ3n) is 3.50. The van der Waals surface area contributed by atoms with Gasteiger partial charge in [-0.1, -0.05) is 11.6 Å². The Bertz CT molecular complexity index is 942. The van der Waals surface area contributed by atoms with Crippen molar-refractivity contribution in [3.05, 3.63) is 53.1 Å². The summed E-state index contributed by atoms with van der Waals surface area (Å²) in [5, 5.41) is 6.29. The number of anilines is 2. The van der Waals surface area contributed by atoms with Crippen molar-refractivity contribution >= 4 is 56.1 Å². The van der Waals surface area contributed by atoms with E-state index in [-0.39, 0.29) is 20.8 Å². The van der Waals surface area contributed by atoms with Gasteiger partial charge in [0, 0.05) is 31.0 Å². The first-order chi connectivity index (χ1) is 12.1. The topological polar surface area (TPSA) is 78.5 Å². The molecular weight excluding hydrogens is 394 g/mol. The summed E-state index contributed by atoms with van der Waals surface area (Å²) in [7, 11) is -0.806. The number of carbonyl (C=O) groups excluding carboxylic acids is 1. The monoisotopic (exact) mass is 411 g/mol. The first kappa shape index (κ1) is 20.3. The number of thiocarbonyl (C=S) groups is 1. The predicted octanol–water partition coefficient (Wildman–Crippen LogP) is 3.60. The van der Waals surface area contributed by atoms with Crippen molar-refractivity contribution in [1.29, 1.82) is 0 Å². The van der Waals surface area contributed by atoms with Crippen LogP contribution in [0.1, 0.15) is 17.3 Å². The van der Waals surface area contributed by atoms with Crippen molar-refractivity contribution in [3.63, 3.8) is 0 Å². The molecule has 2 aromatic carbocycles. The van der Waals surface area contributed by atoms with Crippen molar-refractivity contribution < 1.29 is 13.2 Å². The Kier molecular flexibility index (Phi) is 6.35. The molecule has 0 amide bonds. The van der Waals surface area contributed by atoms with Gasteiger partial charge >= 0.3 is 0 Å². The Morgan fingerprint density at radius 3 is 2.12 bits per heavy atom. The molecule has 138 valence electrons. The second-order valence-electron chi connectivity index (χ2n) is 5.65. The fourth-order valence-electron chi connectivity index (χ4n) is 2.06. The lowest BCUT2D eigenvalue weighted by Gasteiger charge is -2.15. The minimum Gasteiger partial charge on any atom is -0.332 e. The van der Waals surface area contributed by atoms with Gasteiger partial charge in [-0.25, -0.2) is 12.7 Å². The highest BCUT2D eigenvalue weighted by Gasteiger charge is 2.21. The number of carbonyl (C=O) groups is 1. The quantitative estimate of drug-likeness (QED) is 0.578. The molecule has 0 spiro atoms. The number of halogens is 1. The van der Waals surface area contributed by atoms with Crippen molar-refractivity contribution in [2.45, 2.75) is 11.8 Å². The molecule has 2 N–H and O–H groups in total. The summed E-state index contributed by atoms with van der Waals surface area (Å²) >= 11 is 11.3. The summed E-state index contributed by atoms with van der Waals surface area (Å²) in [5.74, 6) is -0.0203. The zero-order chi connectivity index (χ0) is 19.5. The van der Waals surface area contributed by atoms with E-state index in [4.69, 9.17) is 23.8 Å². The molecule has 0 radical (unpaired) electrons. The van der Waals surface area contributed by atoms with E-state index in [0.29, 0.717) is 16.9 Å². The Balaban J connectivity index is 2.15. The second kappa shape index (κ2) is 8.13. The Labute approximate surface area is 163 Å². The van der Waals surface area contributed by atoms with Gasteiger partial charge in [0.25, 0.3) is 0 Å². The molecule has 0 fully saturated rings. The number of nitrogens with one attached hydrogen (secondary N) is 2. The van der Waals surface area contributed by atoms with E-state index in [1.807, 2.05) is 0 Å². The van der Waals surface area contributed by atoms with Gasteiger partial charge in [-0.15, -0.1) is 0 Å². The van der Waals surface area contributed by atoms with E-state index < -0.39 is 10.0 Å². The number of hydrogen-bond acceptors (Lipinski definition) is 4. The first-order valence-electron chi connectivity index (χ1n) is 7.52. The lowest BCUT2D eigenvalue weighted by molar-refractivity contribution is 0.101. The minimum absolute atomic E-state index is 0.0113. The SMILES string of the molecule is CC(=O)c1ccc(NC(=S)Nc2ccc(Cl)c(S(=O)(=O)N(C)C)c2)cc1. The number of hydrogen-bond donors (Lipinski definition) is 2. The van der Waals surface area contributed by atoms with Gasteiger partial charge in [0.05, 0.1) is 5.02 Å². The molecule has 0 saturated carbocycles. The second-order valence-corrected chi connectivity index (χ2v) is 8.58. The molecule has 2 rings (SSSR count). The van der Waals surface area contributed by atoms with Crippen molar-refractivity contribution in [2.75, 3.05) is 24.7 Å². The summed E-state index contributed by atoms with van der Waals surface area (Å²) in [6.45, 7) is 1.49. The van der Waals surface area contributed by atoms with E-state index in [9.17, 15) is 13.2 Å². The van der Waals surface area contributed by atoms with Crippen LogP contribution in [0.4, 0.5) is 11.4 Å². The van der Waals surface area contributed by atoms with Gasteiger partial charge in [0.15, 0.2) is 10.9 Å². The zero-order valence-corrected chi connectivity index (χ0v) is 16.8. The van der Waals surface area contributed by atoms with Crippen molar-refractivity contribution in [2.24, 2.45) is 0 Å². The summed E-state index contributed by atoms with van der Waals surface area (Å²) in [5.41, 5.74) is 1.78. The standard InChI is InChI=1S/C17H18ClN3O3S2/c1-11(22)12-4-6-13(7-5-12)19-17(25)20-14-8-9-15(18)16(10-14)26(23,24)21(2)3/h4-10H,1-3H3,(H2,19,20,25). The molecule has 6 nitrogen and oxygen atoms in total. The summed E-state index contributed by atoms with van der Waals surface area (Å²) in [4.78, 5) is 11.3. The molecule has 0 aromatic heterocycles. The van der Waals surface area contributed by atoms with Gasteiger partial charge < -0.3 is 10.6 Å². The van der Waals surface area contributed by atoms with Gasteiger partial charge in [0.2, 0.25) is 10.0 Å². The van der Waals surface area contributed by atoms with Crippen LogP contribution in [0.15, 0.2) is 47.4 Å². The molecular formula is C17H18ClN3O3S2. The average molecular weight is 412 g/mol. The third-order valence-corrected chi connectivity index (χ3v) is 6.00. The Morgan fingerprint density at radius 2 is 1.58 bits per heavy atom. The maximum absolute atomic E-state index is 12.3. The van der Waals surface area contributed by atoms with Crippen LogP contribution in [-0.4, -0.2) is 37.7 Å². The summed E-state index contributed by atoms with van der Waals surface area (Å²) in [6, 6.07) is 11.4. The summed E-state index contributed by atoms with van der Waals surface area (Å²) < 4.78 is 25.7. The van der Waals surface area contributed by atoms with Crippen LogP contribution in [0, 0.1) is 0 Å². The van der Waals surface area contributed by atoms with Gasteiger partial charge in [0.1, 0.15) is 4.90 Å². The molecule has 0 saturated heterocycles. The van der Waals surface area contributed by atoms with E-state index in [2.05, 4.69) is 10.6 Å². The van der Waals surface area contributed by atoms with Crippen LogP contribution in [0.3, 0.4) is 0 Å². The smallest absolute Gasteiger partial charge is 0.244 e. The predicted molar refractivity (Wildman–Crippen MR) is 109 cm³/mol. The Hall–Kier alpha value is -2.00. The van der Waals surface area contributed by atoms with Crippen LogP contribution in [0.25, 0.3) is 0 Å². The van der Waals surface area contributed by atoms with Crippen LogP contribution >= 0.6 is 23.8 Å². The third kappa shape index (κ3) is 4.79. The molecule has 0 bridgehead atoms. The fraction of sp³-hybridized carbons (Fsp3) is 0.176. The fourth-order valence-corrected chi connectivity index (χ4v) is 3.69. The van der Waals surface area contributed by atoms with Crippen molar-refractivity contribution in [3.8, 4) is 0 Å². The molecule has 9 heteroatoms. The zero-order valence-electron chi connectivity index (χ0n) is 14.4. The van der Waals surface area contributed by atoms with Gasteiger partial charge in [-0.05, 0) is 61.6 Å². The summed E-state index contributed by atoms with van der Waals surface area (Å²) in [6.07, 6.45) is 0.